The zero-order chi connectivity index (χ0) is 23.0. The molecular weight excluding hydrogens is 418 g/mol. The Morgan fingerprint density at radius 1 is 0.970 bits per heavy atom. The van der Waals surface area contributed by atoms with E-state index in [1.165, 1.54) is 0 Å². The fourth-order valence-electron chi connectivity index (χ4n) is 4.09. The zero-order valence-electron chi connectivity index (χ0n) is 18.5. The number of furan rings is 1. The number of carbonyl (C=O) groups is 2. The van der Waals surface area contributed by atoms with Crippen LogP contribution in [0.15, 0.2) is 77.4 Å². The van der Waals surface area contributed by atoms with Crippen molar-refractivity contribution in [3.05, 3.63) is 84.3 Å². The van der Waals surface area contributed by atoms with Crippen molar-refractivity contribution in [3.63, 3.8) is 0 Å². The smallest absolute Gasteiger partial charge is 0.237 e. The minimum Gasteiger partial charge on any atom is -0.506 e. The number of likely N-dealkylation sites (tertiary alicyclic amines) is 1. The predicted molar refractivity (Wildman–Crippen MR) is 125 cm³/mol. The fraction of sp³-hybridized carbons (Fsp3) is 0.308. The number of nitrogens with one attached hydrogen (secondary N) is 1. The molecule has 0 saturated carbocycles. The molecule has 0 spiro atoms. The molecule has 7 heteroatoms. The first kappa shape index (κ1) is 22.6. The second-order valence-corrected chi connectivity index (χ2v) is 8.37. The molecule has 2 aromatic carbocycles. The number of amides is 2. The van der Waals surface area contributed by atoms with E-state index in [1.807, 2.05) is 47.4 Å². The standard InChI is InChI=1S/C26H29N3O4/c30-24-11-5-4-10-23(24)27-26(32)21-12-14-28(15-13-21)19-25(31)29(18-22-9-6-16-33-22)17-20-7-2-1-3-8-20/h1-11,16,21,30H,12-15,17-19H2,(H,27,32). The van der Waals surface area contributed by atoms with Gasteiger partial charge in [-0.05, 0) is 55.8 Å². The fourth-order valence-corrected chi connectivity index (χ4v) is 4.09. The Bertz CT molecular complexity index is 1040. The highest BCUT2D eigenvalue weighted by molar-refractivity contribution is 5.93. The van der Waals surface area contributed by atoms with Gasteiger partial charge in [-0.25, -0.2) is 0 Å². The van der Waals surface area contributed by atoms with Gasteiger partial charge in [0.2, 0.25) is 11.8 Å². The summed E-state index contributed by atoms with van der Waals surface area (Å²) in [7, 11) is 0. The number of nitrogens with zero attached hydrogens (tertiary/aromatic N) is 2. The van der Waals surface area contributed by atoms with Crippen molar-refractivity contribution in [1.29, 1.82) is 0 Å². The highest BCUT2D eigenvalue weighted by atomic mass is 16.3. The lowest BCUT2D eigenvalue weighted by Crippen LogP contribution is -2.44. The number of phenols is 1. The Kier molecular flexibility index (Phi) is 7.42. The van der Waals surface area contributed by atoms with Crippen LogP contribution in [0.4, 0.5) is 5.69 Å². The molecule has 1 saturated heterocycles. The number of hydrogen-bond acceptors (Lipinski definition) is 5. The van der Waals surface area contributed by atoms with Gasteiger partial charge < -0.3 is 19.7 Å². The normalized spacial score (nSPS) is 14.7. The SMILES string of the molecule is O=C(Nc1ccccc1O)C1CCN(CC(=O)N(Cc2ccccc2)Cc2ccco2)CC1. The van der Waals surface area contributed by atoms with Gasteiger partial charge in [-0.15, -0.1) is 0 Å². The number of para-hydroxylation sites is 2. The molecule has 1 aliphatic rings. The van der Waals surface area contributed by atoms with Crippen molar-refractivity contribution >= 4 is 17.5 Å². The van der Waals surface area contributed by atoms with Gasteiger partial charge in [-0.2, -0.15) is 0 Å². The van der Waals surface area contributed by atoms with Crippen LogP contribution in [0.5, 0.6) is 5.75 Å². The second-order valence-electron chi connectivity index (χ2n) is 8.37. The minimum atomic E-state index is -0.139. The maximum absolute atomic E-state index is 13.2. The van der Waals surface area contributed by atoms with Crippen LogP contribution in [0.25, 0.3) is 0 Å². The van der Waals surface area contributed by atoms with E-state index in [0.717, 1.165) is 11.3 Å². The summed E-state index contributed by atoms with van der Waals surface area (Å²) in [6, 6.07) is 20.3. The molecule has 0 atom stereocenters. The van der Waals surface area contributed by atoms with E-state index in [4.69, 9.17) is 4.42 Å². The summed E-state index contributed by atoms with van der Waals surface area (Å²) >= 11 is 0. The van der Waals surface area contributed by atoms with Crippen LogP contribution in [-0.4, -0.2) is 46.4 Å². The molecule has 4 rings (SSSR count). The molecule has 33 heavy (non-hydrogen) atoms. The van der Waals surface area contributed by atoms with Gasteiger partial charge in [-0.1, -0.05) is 42.5 Å². The Morgan fingerprint density at radius 2 is 1.70 bits per heavy atom. The average molecular weight is 448 g/mol. The van der Waals surface area contributed by atoms with Crippen molar-refractivity contribution in [3.8, 4) is 5.75 Å². The summed E-state index contributed by atoms with van der Waals surface area (Å²) < 4.78 is 5.47. The number of hydrogen-bond donors (Lipinski definition) is 2. The highest BCUT2D eigenvalue weighted by Gasteiger charge is 2.27. The van der Waals surface area contributed by atoms with E-state index < -0.39 is 0 Å². The van der Waals surface area contributed by atoms with Gasteiger partial charge in [-0.3, -0.25) is 14.5 Å². The predicted octanol–water partition coefficient (Wildman–Crippen LogP) is 3.86. The third kappa shape index (κ3) is 6.23. The molecule has 7 nitrogen and oxygen atoms in total. The minimum absolute atomic E-state index is 0.0346. The van der Waals surface area contributed by atoms with Crippen LogP contribution in [0.3, 0.4) is 0 Å². The molecule has 1 fully saturated rings. The van der Waals surface area contributed by atoms with Crippen LogP contribution in [0.2, 0.25) is 0 Å². The first-order valence-electron chi connectivity index (χ1n) is 11.2. The van der Waals surface area contributed by atoms with E-state index in [0.29, 0.717) is 51.3 Å². The first-order valence-corrected chi connectivity index (χ1v) is 11.2. The van der Waals surface area contributed by atoms with Gasteiger partial charge >= 0.3 is 0 Å². The maximum atomic E-state index is 13.2. The van der Waals surface area contributed by atoms with Crippen LogP contribution in [0.1, 0.15) is 24.2 Å². The Labute approximate surface area is 193 Å². The highest BCUT2D eigenvalue weighted by Crippen LogP contribution is 2.25. The van der Waals surface area contributed by atoms with Crippen molar-refractivity contribution < 1.29 is 19.1 Å². The molecule has 2 amide bonds. The van der Waals surface area contributed by atoms with Crippen LogP contribution >= 0.6 is 0 Å². The monoisotopic (exact) mass is 447 g/mol. The Hall–Kier alpha value is -3.58. The van der Waals surface area contributed by atoms with Crippen LogP contribution in [0, 0.1) is 5.92 Å². The van der Waals surface area contributed by atoms with E-state index in [-0.39, 0.29) is 23.5 Å². The number of phenolic OH excluding ortho intramolecular Hbond substituents is 1. The lowest BCUT2D eigenvalue weighted by molar-refractivity contribution is -0.134. The number of rotatable bonds is 8. The number of aromatic hydroxyl groups is 1. The van der Waals surface area contributed by atoms with Gasteiger partial charge in [0.25, 0.3) is 0 Å². The first-order chi connectivity index (χ1) is 16.1. The van der Waals surface area contributed by atoms with Crippen molar-refractivity contribution in [2.45, 2.75) is 25.9 Å². The summed E-state index contributed by atoms with van der Waals surface area (Å²) in [4.78, 5) is 29.7. The van der Waals surface area contributed by atoms with Gasteiger partial charge in [0.05, 0.1) is 25.0 Å². The van der Waals surface area contributed by atoms with E-state index >= 15 is 0 Å². The molecular formula is C26H29N3O4. The molecule has 0 unspecified atom stereocenters. The molecule has 0 aliphatic carbocycles. The van der Waals surface area contributed by atoms with Gasteiger partial charge in [0, 0.05) is 12.5 Å². The largest absolute Gasteiger partial charge is 0.506 e. The van der Waals surface area contributed by atoms with Crippen molar-refractivity contribution in [2.24, 2.45) is 5.92 Å². The second kappa shape index (κ2) is 10.8. The third-order valence-corrected chi connectivity index (χ3v) is 5.97. The van der Waals surface area contributed by atoms with E-state index in [9.17, 15) is 14.7 Å². The van der Waals surface area contributed by atoms with E-state index in [1.54, 1.807) is 30.5 Å². The van der Waals surface area contributed by atoms with Crippen LogP contribution in [-0.2, 0) is 22.7 Å². The molecule has 1 aliphatic heterocycles. The maximum Gasteiger partial charge on any atom is 0.237 e. The summed E-state index contributed by atoms with van der Waals surface area (Å²) in [6.45, 7) is 2.58. The molecule has 0 radical (unpaired) electrons. The topological polar surface area (TPSA) is 86.0 Å². The van der Waals surface area contributed by atoms with Gasteiger partial charge in [0.15, 0.2) is 0 Å². The molecule has 172 valence electrons. The van der Waals surface area contributed by atoms with Crippen molar-refractivity contribution in [1.82, 2.24) is 9.80 Å². The molecule has 0 bridgehead atoms. The molecule has 2 N–H and O–H groups in total. The Morgan fingerprint density at radius 3 is 2.39 bits per heavy atom. The number of benzene rings is 2. The molecule has 3 aromatic rings. The average Bonchev–Trinajstić information content (AvgIpc) is 3.34. The third-order valence-electron chi connectivity index (χ3n) is 5.97. The number of anilines is 1. The van der Waals surface area contributed by atoms with Crippen LogP contribution < -0.4 is 5.32 Å². The number of piperidine rings is 1. The summed E-state index contributed by atoms with van der Waals surface area (Å²) in [5.41, 5.74) is 1.49. The molecule has 2 heterocycles. The number of carbonyl (C=O) groups excluding carboxylic acids is 2. The summed E-state index contributed by atoms with van der Waals surface area (Å²) in [5, 5.41) is 12.7. The lowest BCUT2D eigenvalue weighted by atomic mass is 9.95. The van der Waals surface area contributed by atoms with Gasteiger partial charge in [0.1, 0.15) is 11.5 Å². The molecule has 1 aromatic heterocycles. The summed E-state index contributed by atoms with van der Waals surface area (Å²) in [6.07, 6.45) is 2.96. The summed E-state index contributed by atoms with van der Waals surface area (Å²) in [5.74, 6) is 0.612. The van der Waals surface area contributed by atoms with E-state index in [2.05, 4.69) is 10.2 Å². The zero-order valence-corrected chi connectivity index (χ0v) is 18.5. The lowest BCUT2D eigenvalue weighted by Gasteiger charge is -2.32. The van der Waals surface area contributed by atoms with Crippen molar-refractivity contribution in [2.75, 3.05) is 25.0 Å². The Balaban J connectivity index is 1.31. The quantitative estimate of drug-likeness (QED) is 0.512.